The number of carbonyl (C=O) groups is 1. The molecule has 17 heavy (non-hydrogen) atoms. The molecular formula is C11H15ClN2O2S. The van der Waals surface area contributed by atoms with Crippen LogP contribution in [0.25, 0.3) is 0 Å². The number of amides is 1. The standard InChI is InChI=1S/C11H15ClN2O2S/c1-2-5-14-11(15)7-17(16)8-3-4-10(13)9(12)6-8/h3-4,6H,2,5,7,13H2,1H3,(H,14,15). The predicted molar refractivity (Wildman–Crippen MR) is 70.4 cm³/mol. The molecule has 4 nitrogen and oxygen atoms in total. The fourth-order valence-corrected chi connectivity index (χ4v) is 2.39. The van der Waals surface area contributed by atoms with E-state index < -0.39 is 10.8 Å². The molecule has 0 spiro atoms. The van der Waals surface area contributed by atoms with E-state index in [2.05, 4.69) is 5.32 Å². The second-order valence-corrected chi connectivity index (χ2v) is 5.38. The van der Waals surface area contributed by atoms with Gasteiger partial charge < -0.3 is 11.1 Å². The summed E-state index contributed by atoms with van der Waals surface area (Å²) < 4.78 is 11.8. The summed E-state index contributed by atoms with van der Waals surface area (Å²) in [7, 11) is -1.39. The van der Waals surface area contributed by atoms with E-state index in [-0.39, 0.29) is 11.7 Å². The van der Waals surface area contributed by atoms with Crippen molar-refractivity contribution in [3.8, 4) is 0 Å². The normalized spacial score (nSPS) is 12.1. The number of nitrogen functional groups attached to an aromatic ring is 1. The third-order valence-electron chi connectivity index (χ3n) is 2.07. The maximum absolute atomic E-state index is 11.8. The minimum Gasteiger partial charge on any atom is -0.398 e. The molecular weight excluding hydrogens is 260 g/mol. The number of nitrogens with one attached hydrogen (secondary N) is 1. The molecule has 0 saturated carbocycles. The summed E-state index contributed by atoms with van der Waals surface area (Å²) in [6.45, 7) is 2.55. The number of anilines is 1. The SMILES string of the molecule is CCCNC(=O)CS(=O)c1ccc(N)c(Cl)c1. The molecule has 94 valence electrons. The van der Waals surface area contributed by atoms with E-state index in [9.17, 15) is 9.00 Å². The highest BCUT2D eigenvalue weighted by molar-refractivity contribution is 7.85. The average molecular weight is 275 g/mol. The second kappa shape index (κ2) is 6.61. The van der Waals surface area contributed by atoms with Crippen molar-refractivity contribution in [1.29, 1.82) is 0 Å². The van der Waals surface area contributed by atoms with Crippen LogP contribution in [-0.4, -0.2) is 22.4 Å². The number of hydrogen-bond donors (Lipinski definition) is 2. The molecule has 0 radical (unpaired) electrons. The Bertz CT molecular complexity index is 437. The fourth-order valence-electron chi connectivity index (χ4n) is 1.17. The van der Waals surface area contributed by atoms with Crippen molar-refractivity contribution in [2.75, 3.05) is 18.0 Å². The van der Waals surface area contributed by atoms with E-state index in [0.717, 1.165) is 6.42 Å². The Labute approximate surface area is 108 Å². The Balaban J connectivity index is 2.63. The zero-order chi connectivity index (χ0) is 12.8. The van der Waals surface area contributed by atoms with Crippen LogP contribution >= 0.6 is 11.6 Å². The van der Waals surface area contributed by atoms with Gasteiger partial charge in [-0.3, -0.25) is 9.00 Å². The number of carbonyl (C=O) groups excluding carboxylic acids is 1. The van der Waals surface area contributed by atoms with Gasteiger partial charge in [-0.05, 0) is 24.6 Å². The van der Waals surface area contributed by atoms with Gasteiger partial charge in [-0.1, -0.05) is 18.5 Å². The Morgan fingerprint density at radius 3 is 2.82 bits per heavy atom. The summed E-state index contributed by atoms with van der Waals surface area (Å²) in [5, 5.41) is 3.02. The highest BCUT2D eigenvalue weighted by Crippen LogP contribution is 2.21. The molecule has 1 amide bonds. The van der Waals surface area contributed by atoms with Gasteiger partial charge >= 0.3 is 0 Å². The van der Waals surface area contributed by atoms with E-state index >= 15 is 0 Å². The van der Waals surface area contributed by atoms with Crippen molar-refractivity contribution in [2.45, 2.75) is 18.2 Å². The summed E-state index contributed by atoms with van der Waals surface area (Å²) in [6, 6.07) is 4.73. The molecule has 0 aromatic heterocycles. The maximum atomic E-state index is 11.8. The van der Waals surface area contributed by atoms with Gasteiger partial charge in [0, 0.05) is 11.4 Å². The molecule has 6 heteroatoms. The molecule has 0 aliphatic carbocycles. The largest absolute Gasteiger partial charge is 0.398 e. The summed E-state index contributed by atoms with van der Waals surface area (Å²) in [5.41, 5.74) is 5.98. The minimum absolute atomic E-state index is 0.0553. The number of rotatable bonds is 5. The van der Waals surface area contributed by atoms with Crippen molar-refractivity contribution in [1.82, 2.24) is 5.32 Å². The number of hydrogen-bond acceptors (Lipinski definition) is 3. The molecule has 3 N–H and O–H groups in total. The molecule has 0 bridgehead atoms. The highest BCUT2D eigenvalue weighted by atomic mass is 35.5. The van der Waals surface area contributed by atoms with Crippen LogP contribution in [0.5, 0.6) is 0 Å². The Kier molecular flexibility index (Phi) is 5.44. The van der Waals surface area contributed by atoms with Crippen LogP contribution in [-0.2, 0) is 15.6 Å². The Morgan fingerprint density at radius 1 is 1.53 bits per heavy atom. The van der Waals surface area contributed by atoms with E-state index in [4.69, 9.17) is 17.3 Å². The molecule has 1 unspecified atom stereocenters. The summed E-state index contributed by atoms with van der Waals surface area (Å²) >= 11 is 5.82. The van der Waals surface area contributed by atoms with Crippen LogP contribution in [0.3, 0.4) is 0 Å². The summed E-state index contributed by atoms with van der Waals surface area (Å²) in [5.74, 6) is -0.279. The van der Waals surface area contributed by atoms with Gasteiger partial charge in [0.2, 0.25) is 5.91 Å². The lowest BCUT2D eigenvalue weighted by atomic mass is 10.3. The van der Waals surface area contributed by atoms with Crippen LogP contribution in [0, 0.1) is 0 Å². The van der Waals surface area contributed by atoms with Gasteiger partial charge in [-0.15, -0.1) is 0 Å². The first-order valence-corrected chi connectivity index (χ1v) is 6.94. The van der Waals surface area contributed by atoms with Crippen LogP contribution < -0.4 is 11.1 Å². The van der Waals surface area contributed by atoms with Crippen LogP contribution in [0.4, 0.5) is 5.69 Å². The quantitative estimate of drug-likeness (QED) is 0.801. The van der Waals surface area contributed by atoms with Crippen molar-refractivity contribution in [3.05, 3.63) is 23.2 Å². The zero-order valence-corrected chi connectivity index (χ0v) is 11.1. The van der Waals surface area contributed by atoms with Gasteiger partial charge in [-0.2, -0.15) is 0 Å². The average Bonchev–Trinajstić information content (AvgIpc) is 2.30. The van der Waals surface area contributed by atoms with Crippen molar-refractivity contribution in [3.63, 3.8) is 0 Å². The highest BCUT2D eigenvalue weighted by Gasteiger charge is 2.10. The van der Waals surface area contributed by atoms with Crippen molar-refractivity contribution >= 4 is 34.0 Å². The zero-order valence-electron chi connectivity index (χ0n) is 9.53. The third-order valence-corrected chi connectivity index (χ3v) is 3.70. The molecule has 0 aliphatic rings. The molecule has 1 aromatic rings. The Morgan fingerprint density at radius 2 is 2.24 bits per heavy atom. The topological polar surface area (TPSA) is 72.2 Å². The van der Waals surface area contributed by atoms with Gasteiger partial charge in [0.1, 0.15) is 5.75 Å². The third kappa shape index (κ3) is 4.36. The van der Waals surface area contributed by atoms with Crippen LogP contribution in [0.15, 0.2) is 23.1 Å². The van der Waals surface area contributed by atoms with Crippen LogP contribution in [0.1, 0.15) is 13.3 Å². The van der Waals surface area contributed by atoms with E-state index in [1.165, 1.54) is 6.07 Å². The smallest absolute Gasteiger partial charge is 0.232 e. The van der Waals surface area contributed by atoms with Crippen molar-refractivity contribution < 1.29 is 9.00 Å². The van der Waals surface area contributed by atoms with Crippen molar-refractivity contribution in [2.24, 2.45) is 0 Å². The molecule has 1 rings (SSSR count). The fraction of sp³-hybridized carbons (Fsp3) is 0.364. The predicted octanol–water partition coefficient (Wildman–Crippen LogP) is 1.56. The first kappa shape index (κ1) is 14.0. The lowest BCUT2D eigenvalue weighted by Gasteiger charge is -2.05. The van der Waals surface area contributed by atoms with Gasteiger partial charge in [-0.25, -0.2) is 0 Å². The second-order valence-electron chi connectivity index (χ2n) is 3.52. The minimum atomic E-state index is -1.39. The first-order chi connectivity index (χ1) is 8.04. The number of nitrogens with two attached hydrogens (primary N) is 1. The maximum Gasteiger partial charge on any atom is 0.232 e. The lowest BCUT2D eigenvalue weighted by Crippen LogP contribution is -2.28. The van der Waals surface area contributed by atoms with E-state index in [0.29, 0.717) is 22.2 Å². The monoisotopic (exact) mass is 274 g/mol. The molecule has 1 atom stereocenters. The molecule has 0 heterocycles. The lowest BCUT2D eigenvalue weighted by molar-refractivity contribution is -0.118. The van der Waals surface area contributed by atoms with Gasteiger partial charge in [0.15, 0.2) is 0 Å². The van der Waals surface area contributed by atoms with Gasteiger partial charge in [0.05, 0.1) is 21.5 Å². The first-order valence-electron chi connectivity index (χ1n) is 5.24. The summed E-state index contributed by atoms with van der Waals surface area (Å²) in [4.78, 5) is 11.9. The van der Waals surface area contributed by atoms with E-state index in [1.54, 1.807) is 12.1 Å². The van der Waals surface area contributed by atoms with Gasteiger partial charge in [0.25, 0.3) is 0 Å². The molecule has 0 aliphatic heterocycles. The number of halogens is 1. The van der Waals surface area contributed by atoms with Crippen LogP contribution in [0.2, 0.25) is 5.02 Å². The molecule has 0 fully saturated rings. The Hall–Kier alpha value is -1.07. The summed E-state index contributed by atoms with van der Waals surface area (Å²) in [6.07, 6.45) is 0.853. The van der Waals surface area contributed by atoms with E-state index in [1.807, 2.05) is 6.92 Å². The molecule has 0 saturated heterocycles. The molecule has 1 aromatic carbocycles. The number of benzene rings is 1.